The molecule has 0 amide bonds. The number of methoxy groups -OCH3 is 2. The standard InChI is InChI=1S/C26H24N4O3/c1-15-11-18(17(3)30(15)24-8-6-7-21(16(24)2)26(31)33-5)12-19(14-27)25-28-22-10-9-20(32-4)13-23(22)29-25/h6-13H,1-5H3,(H,28,29)/b19-12-. The lowest BCUT2D eigenvalue weighted by atomic mass is 10.1. The molecule has 2 heterocycles. The first-order valence-corrected chi connectivity index (χ1v) is 10.4. The third kappa shape index (κ3) is 3.87. The molecule has 0 aliphatic rings. The van der Waals surface area contributed by atoms with Gasteiger partial charge in [0.1, 0.15) is 17.6 Å². The van der Waals surface area contributed by atoms with Gasteiger partial charge in [-0.2, -0.15) is 5.26 Å². The number of carbonyl (C=O) groups excluding carboxylic acids is 1. The van der Waals surface area contributed by atoms with Crippen molar-refractivity contribution in [3.63, 3.8) is 0 Å². The summed E-state index contributed by atoms with van der Waals surface area (Å²) in [6.07, 6.45) is 1.83. The van der Waals surface area contributed by atoms with Crippen LogP contribution in [0.1, 0.15) is 38.7 Å². The van der Waals surface area contributed by atoms with Gasteiger partial charge in [-0.05, 0) is 68.3 Å². The smallest absolute Gasteiger partial charge is 0.338 e. The number of nitrogens with zero attached hydrogens (tertiary/aromatic N) is 3. The quantitative estimate of drug-likeness (QED) is 0.343. The van der Waals surface area contributed by atoms with Crippen LogP contribution in [0.3, 0.4) is 0 Å². The number of H-pyrrole nitrogens is 1. The van der Waals surface area contributed by atoms with Gasteiger partial charge in [-0.25, -0.2) is 9.78 Å². The fourth-order valence-electron chi connectivity index (χ4n) is 4.05. The molecule has 0 saturated heterocycles. The number of nitriles is 1. The van der Waals surface area contributed by atoms with Crippen LogP contribution < -0.4 is 4.74 Å². The second-order valence-electron chi connectivity index (χ2n) is 7.74. The summed E-state index contributed by atoms with van der Waals surface area (Å²) >= 11 is 0. The molecule has 4 rings (SSSR count). The molecular weight excluding hydrogens is 416 g/mol. The first-order valence-electron chi connectivity index (χ1n) is 10.4. The van der Waals surface area contributed by atoms with Gasteiger partial charge in [-0.15, -0.1) is 0 Å². The maximum absolute atomic E-state index is 12.2. The third-order valence-electron chi connectivity index (χ3n) is 5.79. The van der Waals surface area contributed by atoms with Gasteiger partial charge in [0.25, 0.3) is 0 Å². The van der Waals surface area contributed by atoms with Crippen molar-refractivity contribution in [1.29, 1.82) is 5.26 Å². The number of ether oxygens (including phenoxy) is 2. The molecule has 7 heteroatoms. The number of hydrogen-bond acceptors (Lipinski definition) is 5. The molecule has 0 aliphatic carbocycles. The molecule has 0 fully saturated rings. The van der Waals surface area contributed by atoms with E-state index in [1.165, 1.54) is 7.11 Å². The van der Waals surface area contributed by atoms with E-state index < -0.39 is 0 Å². The highest BCUT2D eigenvalue weighted by molar-refractivity contribution is 5.93. The molecule has 7 nitrogen and oxygen atoms in total. The van der Waals surface area contributed by atoms with Crippen LogP contribution >= 0.6 is 0 Å². The van der Waals surface area contributed by atoms with Crippen LogP contribution in [0.2, 0.25) is 0 Å². The Morgan fingerprint density at radius 2 is 1.94 bits per heavy atom. The van der Waals surface area contributed by atoms with E-state index in [1.54, 1.807) is 13.2 Å². The van der Waals surface area contributed by atoms with Gasteiger partial charge < -0.3 is 19.0 Å². The van der Waals surface area contributed by atoms with Gasteiger partial charge in [-0.1, -0.05) is 6.07 Å². The number of aromatic nitrogens is 3. The summed E-state index contributed by atoms with van der Waals surface area (Å²) in [7, 11) is 2.98. The Balaban J connectivity index is 1.80. The number of esters is 1. The summed E-state index contributed by atoms with van der Waals surface area (Å²) in [6, 6.07) is 15.4. The van der Waals surface area contributed by atoms with Crippen molar-refractivity contribution < 1.29 is 14.3 Å². The first-order chi connectivity index (χ1) is 15.9. The second kappa shape index (κ2) is 8.67. The molecule has 4 aromatic rings. The number of aromatic amines is 1. The zero-order chi connectivity index (χ0) is 23.7. The SMILES string of the molecule is COC(=O)c1cccc(-n2c(C)cc(/C=C(/C#N)c3nc4ccc(OC)cc4[nH]3)c2C)c1C. The first kappa shape index (κ1) is 21.9. The summed E-state index contributed by atoms with van der Waals surface area (Å²) in [4.78, 5) is 19.9. The summed E-state index contributed by atoms with van der Waals surface area (Å²) < 4.78 is 12.3. The Morgan fingerprint density at radius 3 is 2.64 bits per heavy atom. The van der Waals surface area contributed by atoms with Crippen LogP contribution in [0.15, 0.2) is 42.5 Å². The van der Waals surface area contributed by atoms with E-state index in [2.05, 4.69) is 20.6 Å². The molecule has 0 saturated carbocycles. The lowest BCUT2D eigenvalue weighted by Gasteiger charge is -2.15. The topological polar surface area (TPSA) is 92.9 Å². The van der Waals surface area contributed by atoms with Crippen molar-refractivity contribution in [3.05, 3.63) is 76.4 Å². The van der Waals surface area contributed by atoms with Crippen molar-refractivity contribution in [2.45, 2.75) is 20.8 Å². The number of hydrogen-bond donors (Lipinski definition) is 1. The number of nitrogens with one attached hydrogen (secondary N) is 1. The number of fused-ring (bicyclic) bond motifs is 1. The van der Waals surface area contributed by atoms with Gasteiger partial charge in [0, 0.05) is 23.1 Å². The fourth-order valence-corrected chi connectivity index (χ4v) is 4.05. The normalized spacial score (nSPS) is 11.5. The van der Waals surface area contributed by atoms with Gasteiger partial charge in [0.15, 0.2) is 0 Å². The minimum atomic E-state index is -0.370. The van der Waals surface area contributed by atoms with E-state index in [4.69, 9.17) is 9.47 Å². The average molecular weight is 441 g/mol. The van der Waals surface area contributed by atoms with Crippen LogP contribution in [0.25, 0.3) is 28.4 Å². The Morgan fingerprint density at radius 1 is 1.15 bits per heavy atom. The van der Waals surface area contributed by atoms with E-state index >= 15 is 0 Å². The van der Waals surface area contributed by atoms with Gasteiger partial charge in [0.2, 0.25) is 0 Å². The van der Waals surface area contributed by atoms with E-state index in [0.717, 1.165) is 39.2 Å². The number of carbonyl (C=O) groups is 1. The van der Waals surface area contributed by atoms with Crippen LogP contribution in [0, 0.1) is 32.1 Å². The summed E-state index contributed by atoms with van der Waals surface area (Å²) in [6.45, 7) is 5.88. The predicted octanol–water partition coefficient (Wildman–Crippen LogP) is 5.14. The Kier molecular flexibility index (Phi) is 5.76. The lowest BCUT2D eigenvalue weighted by molar-refractivity contribution is 0.0600. The molecule has 2 aromatic carbocycles. The van der Waals surface area contributed by atoms with Crippen molar-refractivity contribution >= 4 is 28.7 Å². The van der Waals surface area contributed by atoms with Gasteiger partial charge in [0.05, 0.1) is 36.4 Å². The third-order valence-corrected chi connectivity index (χ3v) is 5.79. The number of imidazole rings is 1. The van der Waals surface area contributed by atoms with Crippen molar-refractivity contribution in [2.24, 2.45) is 0 Å². The van der Waals surface area contributed by atoms with Gasteiger partial charge >= 0.3 is 5.97 Å². The zero-order valence-electron chi connectivity index (χ0n) is 19.2. The maximum atomic E-state index is 12.2. The largest absolute Gasteiger partial charge is 0.497 e. The average Bonchev–Trinajstić information content (AvgIpc) is 3.36. The highest BCUT2D eigenvalue weighted by Gasteiger charge is 2.17. The highest BCUT2D eigenvalue weighted by atomic mass is 16.5. The van der Waals surface area contributed by atoms with Crippen molar-refractivity contribution in [2.75, 3.05) is 14.2 Å². The van der Waals surface area contributed by atoms with Crippen LogP contribution in [0.4, 0.5) is 0 Å². The van der Waals surface area contributed by atoms with E-state index in [1.807, 2.05) is 63.2 Å². The molecule has 0 radical (unpaired) electrons. The van der Waals surface area contributed by atoms with Crippen molar-refractivity contribution in [3.8, 4) is 17.5 Å². The van der Waals surface area contributed by atoms with E-state index in [0.29, 0.717) is 22.7 Å². The highest BCUT2D eigenvalue weighted by Crippen LogP contribution is 2.28. The molecule has 0 unspecified atom stereocenters. The Hall–Kier alpha value is -4.31. The molecule has 0 atom stereocenters. The molecule has 166 valence electrons. The molecule has 2 aromatic heterocycles. The number of allylic oxidation sites excluding steroid dienone is 1. The fraction of sp³-hybridized carbons (Fsp3) is 0.192. The van der Waals surface area contributed by atoms with E-state index in [-0.39, 0.29) is 5.97 Å². The lowest BCUT2D eigenvalue weighted by Crippen LogP contribution is -2.08. The van der Waals surface area contributed by atoms with Crippen LogP contribution in [0.5, 0.6) is 5.75 Å². The molecule has 33 heavy (non-hydrogen) atoms. The Labute approximate surface area is 191 Å². The minimum Gasteiger partial charge on any atom is -0.497 e. The van der Waals surface area contributed by atoms with E-state index in [9.17, 15) is 10.1 Å². The number of rotatable bonds is 5. The zero-order valence-corrected chi connectivity index (χ0v) is 19.2. The monoisotopic (exact) mass is 440 g/mol. The number of benzene rings is 2. The molecule has 1 N–H and O–H groups in total. The predicted molar refractivity (Wildman–Crippen MR) is 127 cm³/mol. The minimum absolute atomic E-state index is 0.370. The van der Waals surface area contributed by atoms with Gasteiger partial charge in [-0.3, -0.25) is 0 Å². The summed E-state index contributed by atoms with van der Waals surface area (Å²) in [5, 5.41) is 9.86. The maximum Gasteiger partial charge on any atom is 0.338 e. The molecule has 0 bridgehead atoms. The molecular formula is C26H24N4O3. The van der Waals surface area contributed by atoms with Crippen LogP contribution in [-0.4, -0.2) is 34.7 Å². The Bertz CT molecular complexity index is 1450. The van der Waals surface area contributed by atoms with Crippen LogP contribution in [-0.2, 0) is 4.74 Å². The number of aryl methyl sites for hydroxylation is 1. The second-order valence-corrected chi connectivity index (χ2v) is 7.74. The molecule has 0 aliphatic heterocycles. The van der Waals surface area contributed by atoms with Crippen molar-refractivity contribution in [1.82, 2.24) is 14.5 Å². The summed E-state index contributed by atoms with van der Waals surface area (Å²) in [5.74, 6) is 0.841. The summed E-state index contributed by atoms with van der Waals surface area (Å²) in [5.41, 5.74) is 7.04. The molecule has 0 spiro atoms.